The molecule has 0 aromatic heterocycles. The standard InChI is InChI=1S/C28H32N4O7S/c1-5-38-26-16-7-21(17-27(26)39-6-2)18-29-31-28(34)19-32(23-10-12-24(37-4)13-11-23)40(35,36)25-14-8-22(9-15-25)30-20(3)33/h7-18H,5-6,19H2,1-4H3,(H,30,33)(H,31,34)/b29-18-. The Bertz CT molecular complexity index is 1440. The monoisotopic (exact) mass is 568 g/mol. The van der Waals surface area contributed by atoms with Crippen LogP contribution in [-0.4, -0.2) is 53.3 Å². The first-order valence-corrected chi connectivity index (χ1v) is 13.9. The van der Waals surface area contributed by atoms with Crippen molar-refractivity contribution < 1.29 is 32.2 Å². The first-order valence-electron chi connectivity index (χ1n) is 12.4. The van der Waals surface area contributed by atoms with Crippen LogP contribution in [0.2, 0.25) is 0 Å². The fraction of sp³-hybridized carbons (Fsp3) is 0.250. The van der Waals surface area contributed by atoms with E-state index < -0.39 is 22.5 Å². The fourth-order valence-electron chi connectivity index (χ4n) is 3.60. The summed E-state index contributed by atoms with van der Waals surface area (Å²) in [7, 11) is -2.68. The van der Waals surface area contributed by atoms with Gasteiger partial charge in [-0.2, -0.15) is 5.10 Å². The highest BCUT2D eigenvalue weighted by Crippen LogP contribution is 2.28. The third kappa shape index (κ3) is 7.96. The van der Waals surface area contributed by atoms with Crippen LogP contribution in [0.5, 0.6) is 17.2 Å². The van der Waals surface area contributed by atoms with Gasteiger partial charge >= 0.3 is 0 Å². The lowest BCUT2D eigenvalue weighted by Gasteiger charge is -2.24. The molecule has 0 unspecified atom stereocenters. The Morgan fingerprint density at radius 3 is 2.17 bits per heavy atom. The van der Waals surface area contributed by atoms with E-state index in [4.69, 9.17) is 14.2 Å². The molecule has 3 rings (SSSR count). The number of hydrazone groups is 1. The number of amides is 2. The minimum atomic E-state index is -4.18. The second-order valence-electron chi connectivity index (χ2n) is 8.28. The normalized spacial score (nSPS) is 11.1. The zero-order chi connectivity index (χ0) is 29.1. The van der Waals surface area contributed by atoms with E-state index in [-0.39, 0.29) is 16.5 Å². The molecular formula is C28H32N4O7S. The van der Waals surface area contributed by atoms with Gasteiger partial charge in [0.25, 0.3) is 15.9 Å². The van der Waals surface area contributed by atoms with E-state index in [1.54, 1.807) is 30.3 Å². The first kappa shape index (κ1) is 30.0. The van der Waals surface area contributed by atoms with Gasteiger partial charge in [-0.15, -0.1) is 0 Å². The number of hydrogen-bond donors (Lipinski definition) is 2. The van der Waals surface area contributed by atoms with Gasteiger partial charge in [-0.05, 0) is 86.1 Å². The van der Waals surface area contributed by atoms with Gasteiger partial charge in [0.15, 0.2) is 11.5 Å². The number of carbonyl (C=O) groups excluding carboxylic acids is 2. The molecule has 11 nitrogen and oxygen atoms in total. The van der Waals surface area contributed by atoms with E-state index in [0.717, 1.165) is 4.31 Å². The minimum absolute atomic E-state index is 0.0634. The Hall–Kier alpha value is -4.58. The Balaban J connectivity index is 1.82. The lowest BCUT2D eigenvalue weighted by Crippen LogP contribution is -2.39. The molecule has 0 saturated heterocycles. The molecule has 2 N–H and O–H groups in total. The van der Waals surface area contributed by atoms with Gasteiger partial charge in [0.1, 0.15) is 12.3 Å². The van der Waals surface area contributed by atoms with Gasteiger partial charge in [0.2, 0.25) is 5.91 Å². The van der Waals surface area contributed by atoms with Gasteiger partial charge in [0.05, 0.1) is 37.1 Å². The summed E-state index contributed by atoms with van der Waals surface area (Å²) in [5, 5.41) is 6.57. The molecule has 3 aromatic carbocycles. The SMILES string of the molecule is CCOc1ccc(/C=N\NC(=O)CN(c2ccc(OC)cc2)S(=O)(=O)c2ccc(NC(C)=O)cc2)cc1OCC. The minimum Gasteiger partial charge on any atom is -0.497 e. The summed E-state index contributed by atoms with van der Waals surface area (Å²) in [6, 6.07) is 17.1. The predicted octanol–water partition coefficient (Wildman–Crippen LogP) is 3.80. The number of sulfonamides is 1. The average Bonchev–Trinajstić information content (AvgIpc) is 2.93. The predicted molar refractivity (Wildman–Crippen MR) is 153 cm³/mol. The average molecular weight is 569 g/mol. The Kier molecular flexibility index (Phi) is 10.5. The molecule has 0 aliphatic heterocycles. The number of carbonyl (C=O) groups is 2. The number of benzene rings is 3. The number of nitrogens with zero attached hydrogens (tertiary/aromatic N) is 2. The molecule has 0 saturated carbocycles. The summed E-state index contributed by atoms with van der Waals surface area (Å²) in [5.74, 6) is 0.710. The largest absolute Gasteiger partial charge is 0.497 e. The molecule has 2 amide bonds. The maximum atomic E-state index is 13.6. The van der Waals surface area contributed by atoms with Crippen LogP contribution < -0.4 is 29.3 Å². The zero-order valence-corrected chi connectivity index (χ0v) is 23.5. The molecule has 40 heavy (non-hydrogen) atoms. The number of hydrogen-bond acceptors (Lipinski definition) is 8. The number of ether oxygens (including phenoxy) is 3. The highest BCUT2D eigenvalue weighted by molar-refractivity contribution is 7.92. The van der Waals surface area contributed by atoms with Crippen molar-refractivity contribution in [2.75, 3.05) is 36.5 Å². The van der Waals surface area contributed by atoms with Crippen molar-refractivity contribution in [3.63, 3.8) is 0 Å². The molecule has 0 aliphatic carbocycles. The molecule has 0 heterocycles. The van der Waals surface area contributed by atoms with Crippen molar-refractivity contribution in [1.29, 1.82) is 0 Å². The number of nitrogens with one attached hydrogen (secondary N) is 2. The lowest BCUT2D eigenvalue weighted by molar-refractivity contribution is -0.119. The van der Waals surface area contributed by atoms with Crippen LogP contribution in [0.25, 0.3) is 0 Å². The first-order chi connectivity index (χ1) is 19.2. The van der Waals surface area contributed by atoms with Crippen LogP contribution in [-0.2, 0) is 19.6 Å². The maximum Gasteiger partial charge on any atom is 0.264 e. The molecule has 0 spiro atoms. The number of rotatable bonds is 13. The quantitative estimate of drug-likeness (QED) is 0.237. The van der Waals surface area contributed by atoms with Gasteiger partial charge in [-0.3, -0.25) is 13.9 Å². The molecule has 12 heteroatoms. The van der Waals surface area contributed by atoms with Crippen LogP contribution >= 0.6 is 0 Å². The van der Waals surface area contributed by atoms with Gasteiger partial charge < -0.3 is 19.5 Å². The van der Waals surface area contributed by atoms with Crippen LogP contribution in [0, 0.1) is 0 Å². The van der Waals surface area contributed by atoms with Crippen molar-refractivity contribution >= 4 is 39.4 Å². The summed E-state index contributed by atoms with van der Waals surface area (Å²) in [6.45, 7) is 5.46. The van der Waals surface area contributed by atoms with E-state index in [0.29, 0.717) is 41.7 Å². The highest BCUT2D eigenvalue weighted by Gasteiger charge is 2.27. The zero-order valence-electron chi connectivity index (χ0n) is 22.7. The van der Waals surface area contributed by atoms with Crippen molar-refractivity contribution in [1.82, 2.24) is 5.43 Å². The summed E-state index contributed by atoms with van der Waals surface area (Å²) >= 11 is 0. The van der Waals surface area contributed by atoms with Gasteiger partial charge in [-0.1, -0.05) is 0 Å². The number of anilines is 2. The fourth-order valence-corrected chi connectivity index (χ4v) is 5.02. The van der Waals surface area contributed by atoms with E-state index >= 15 is 0 Å². The number of methoxy groups -OCH3 is 1. The third-order valence-corrected chi connectivity index (χ3v) is 7.17. The lowest BCUT2D eigenvalue weighted by atomic mass is 10.2. The van der Waals surface area contributed by atoms with Crippen LogP contribution in [0.3, 0.4) is 0 Å². The Labute approximate surface area is 233 Å². The molecule has 0 radical (unpaired) electrons. The van der Waals surface area contributed by atoms with Crippen molar-refractivity contribution in [2.24, 2.45) is 5.10 Å². The van der Waals surface area contributed by atoms with E-state index in [9.17, 15) is 18.0 Å². The molecule has 0 aliphatic rings. The van der Waals surface area contributed by atoms with E-state index in [2.05, 4.69) is 15.8 Å². The van der Waals surface area contributed by atoms with Crippen molar-refractivity contribution in [3.05, 3.63) is 72.3 Å². The molecular weight excluding hydrogens is 536 g/mol. The topological polar surface area (TPSA) is 136 Å². The van der Waals surface area contributed by atoms with Crippen LogP contribution in [0.15, 0.2) is 76.7 Å². The Morgan fingerprint density at radius 2 is 1.57 bits per heavy atom. The van der Waals surface area contributed by atoms with Crippen LogP contribution in [0.4, 0.5) is 11.4 Å². The third-order valence-electron chi connectivity index (χ3n) is 5.38. The second-order valence-corrected chi connectivity index (χ2v) is 10.1. The molecule has 212 valence electrons. The molecule has 3 aromatic rings. The Morgan fingerprint density at radius 1 is 0.925 bits per heavy atom. The van der Waals surface area contributed by atoms with Crippen molar-refractivity contribution in [2.45, 2.75) is 25.7 Å². The summed E-state index contributed by atoms with van der Waals surface area (Å²) in [4.78, 5) is 24.1. The summed E-state index contributed by atoms with van der Waals surface area (Å²) in [6.07, 6.45) is 1.42. The maximum absolute atomic E-state index is 13.6. The summed E-state index contributed by atoms with van der Waals surface area (Å²) < 4.78 is 44.5. The summed E-state index contributed by atoms with van der Waals surface area (Å²) in [5.41, 5.74) is 3.71. The second kappa shape index (κ2) is 14.0. The van der Waals surface area contributed by atoms with Gasteiger partial charge in [-0.25, -0.2) is 13.8 Å². The molecule has 0 fully saturated rings. The van der Waals surface area contributed by atoms with Crippen LogP contribution in [0.1, 0.15) is 26.3 Å². The highest BCUT2D eigenvalue weighted by atomic mass is 32.2. The van der Waals surface area contributed by atoms with E-state index in [1.807, 2.05) is 13.8 Å². The molecule has 0 bridgehead atoms. The smallest absolute Gasteiger partial charge is 0.264 e. The van der Waals surface area contributed by atoms with Crippen molar-refractivity contribution in [3.8, 4) is 17.2 Å². The molecule has 0 atom stereocenters. The van der Waals surface area contributed by atoms with E-state index in [1.165, 1.54) is 56.6 Å². The van der Waals surface area contributed by atoms with Gasteiger partial charge in [0, 0.05) is 12.6 Å².